The van der Waals surface area contributed by atoms with Gasteiger partial charge < -0.3 is 9.73 Å². The lowest BCUT2D eigenvalue weighted by molar-refractivity contribution is 0.447. The second-order valence-electron chi connectivity index (χ2n) is 3.99. The Bertz CT molecular complexity index is 422. The quantitative estimate of drug-likeness (QED) is 0.825. The molecular formula is C11H19NO3S. The third kappa shape index (κ3) is 4.37. The van der Waals surface area contributed by atoms with Crippen LogP contribution in [0.4, 0.5) is 0 Å². The van der Waals surface area contributed by atoms with E-state index in [9.17, 15) is 8.42 Å². The molecule has 1 atom stereocenters. The van der Waals surface area contributed by atoms with Crippen molar-refractivity contribution in [2.24, 2.45) is 0 Å². The van der Waals surface area contributed by atoms with E-state index in [-0.39, 0.29) is 17.5 Å². The summed E-state index contributed by atoms with van der Waals surface area (Å²) < 4.78 is 28.1. The number of hydrogen-bond donors (Lipinski definition) is 1. The van der Waals surface area contributed by atoms with Crippen molar-refractivity contribution in [2.75, 3.05) is 11.5 Å². The van der Waals surface area contributed by atoms with Crippen LogP contribution >= 0.6 is 0 Å². The molecule has 0 aliphatic heterocycles. The van der Waals surface area contributed by atoms with Gasteiger partial charge in [0.25, 0.3) is 0 Å². The van der Waals surface area contributed by atoms with Crippen molar-refractivity contribution in [1.29, 1.82) is 0 Å². The van der Waals surface area contributed by atoms with Crippen molar-refractivity contribution in [3.63, 3.8) is 0 Å². The molecule has 0 saturated carbocycles. The Morgan fingerprint density at radius 1 is 1.44 bits per heavy atom. The summed E-state index contributed by atoms with van der Waals surface area (Å²) in [4.78, 5) is 0. The second kappa shape index (κ2) is 5.50. The predicted octanol–water partition coefficient (Wildman–Crippen LogP) is 1.50. The van der Waals surface area contributed by atoms with Crippen LogP contribution in [0.15, 0.2) is 16.5 Å². The molecule has 16 heavy (non-hydrogen) atoms. The van der Waals surface area contributed by atoms with Crippen molar-refractivity contribution in [3.8, 4) is 0 Å². The molecule has 1 unspecified atom stereocenters. The van der Waals surface area contributed by atoms with Gasteiger partial charge in [0.1, 0.15) is 11.5 Å². The van der Waals surface area contributed by atoms with Crippen LogP contribution in [0.3, 0.4) is 0 Å². The lowest BCUT2D eigenvalue weighted by Gasteiger charge is -2.12. The van der Waals surface area contributed by atoms with Gasteiger partial charge in [0.2, 0.25) is 0 Å². The smallest absolute Gasteiger partial charge is 0.151 e. The Kier molecular flexibility index (Phi) is 4.56. The van der Waals surface area contributed by atoms with E-state index in [1.807, 2.05) is 26.0 Å². The summed E-state index contributed by atoms with van der Waals surface area (Å²) in [5, 5.41) is 3.13. The summed E-state index contributed by atoms with van der Waals surface area (Å²) in [6.07, 6.45) is 0. The Balaban J connectivity index is 2.39. The van der Waals surface area contributed by atoms with Gasteiger partial charge in [-0.1, -0.05) is 6.92 Å². The number of sulfone groups is 1. The minimum atomic E-state index is -2.91. The summed E-state index contributed by atoms with van der Waals surface area (Å²) >= 11 is 0. The zero-order chi connectivity index (χ0) is 12.2. The van der Waals surface area contributed by atoms with Crippen LogP contribution in [-0.2, 0) is 16.4 Å². The van der Waals surface area contributed by atoms with E-state index in [1.165, 1.54) is 0 Å². The van der Waals surface area contributed by atoms with Gasteiger partial charge in [0, 0.05) is 11.8 Å². The van der Waals surface area contributed by atoms with Crippen LogP contribution in [0.25, 0.3) is 0 Å². The topological polar surface area (TPSA) is 59.3 Å². The summed E-state index contributed by atoms with van der Waals surface area (Å²) in [5.41, 5.74) is 0. The molecular weight excluding hydrogens is 226 g/mol. The van der Waals surface area contributed by atoms with Gasteiger partial charge in [0.05, 0.1) is 12.3 Å². The van der Waals surface area contributed by atoms with Crippen molar-refractivity contribution in [2.45, 2.75) is 33.4 Å². The maximum absolute atomic E-state index is 11.4. The number of aryl methyl sites for hydroxylation is 1. The lowest BCUT2D eigenvalue weighted by Crippen LogP contribution is -2.33. The van der Waals surface area contributed by atoms with Gasteiger partial charge in [-0.05, 0) is 26.0 Å². The van der Waals surface area contributed by atoms with E-state index in [2.05, 4.69) is 5.32 Å². The zero-order valence-corrected chi connectivity index (χ0v) is 10.8. The van der Waals surface area contributed by atoms with Gasteiger partial charge in [-0.25, -0.2) is 8.42 Å². The molecule has 5 heteroatoms. The average Bonchev–Trinajstić information content (AvgIpc) is 2.61. The summed E-state index contributed by atoms with van der Waals surface area (Å²) in [6.45, 7) is 5.98. The molecule has 92 valence electrons. The largest absolute Gasteiger partial charge is 0.465 e. The first kappa shape index (κ1) is 13.3. The molecule has 1 rings (SSSR count). The highest BCUT2D eigenvalue weighted by atomic mass is 32.2. The summed E-state index contributed by atoms with van der Waals surface area (Å²) in [7, 11) is -2.91. The molecule has 0 fully saturated rings. The zero-order valence-electron chi connectivity index (χ0n) is 9.99. The standard InChI is InChI=1S/C11H19NO3S/c1-4-16(13,14)8-9(2)12-7-11-6-5-10(3)15-11/h5-6,9,12H,4,7-8H2,1-3H3. The minimum absolute atomic E-state index is 0.0599. The van der Waals surface area contributed by atoms with Crippen LogP contribution in [0.2, 0.25) is 0 Å². The number of nitrogens with one attached hydrogen (secondary N) is 1. The first-order valence-corrected chi connectivity index (χ1v) is 7.24. The molecule has 0 saturated heterocycles. The molecule has 0 aromatic carbocycles. The maximum atomic E-state index is 11.4. The molecule has 1 aromatic heterocycles. The maximum Gasteiger partial charge on any atom is 0.151 e. The summed E-state index contributed by atoms with van der Waals surface area (Å²) in [6, 6.07) is 3.73. The van der Waals surface area contributed by atoms with Gasteiger partial charge in [-0.3, -0.25) is 0 Å². The first-order chi connectivity index (χ1) is 7.43. The molecule has 0 radical (unpaired) electrons. The average molecular weight is 245 g/mol. The van der Waals surface area contributed by atoms with Gasteiger partial charge in [-0.15, -0.1) is 0 Å². The van der Waals surface area contributed by atoms with E-state index < -0.39 is 9.84 Å². The van der Waals surface area contributed by atoms with Crippen molar-refractivity contribution in [1.82, 2.24) is 5.32 Å². The SMILES string of the molecule is CCS(=O)(=O)CC(C)NCc1ccc(C)o1. The van der Waals surface area contributed by atoms with E-state index in [0.29, 0.717) is 6.54 Å². The van der Waals surface area contributed by atoms with Crippen molar-refractivity contribution >= 4 is 9.84 Å². The molecule has 1 heterocycles. The molecule has 0 bridgehead atoms. The molecule has 4 nitrogen and oxygen atoms in total. The Morgan fingerprint density at radius 2 is 2.12 bits per heavy atom. The van der Waals surface area contributed by atoms with Crippen LogP contribution in [0, 0.1) is 6.92 Å². The molecule has 0 aliphatic carbocycles. The Morgan fingerprint density at radius 3 is 2.62 bits per heavy atom. The highest BCUT2D eigenvalue weighted by Crippen LogP contribution is 2.06. The van der Waals surface area contributed by atoms with Crippen LogP contribution in [-0.4, -0.2) is 26.0 Å². The monoisotopic (exact) mass is 245 g/mol. The van der Waals surface area contributed by atoms with Crippen molar-refractivity contribution in [3.05, 3.63) is 23.7 Å². The molecule has 1 aromatic rings. The van der Waals surface area contributed by atoms with Crippen LogP contribution in [0.5, 0.6) is 0 Å². The fraction of sp³-hybridized carbons (Fsp3) is 0.636. The van der Waals surface area contributed by atoms with Crippen LogP contribution < -0.4 is 5.32 Å². The molecule has 0 aliphatic rings. The van der Waals surface area contributed by atoms with Crippen LogP contribution in [0.1, 0.15) is 25.4 Å². The van der Waals surface area contributed by atoms with E-state index in [4.69, 9.17) is 4.42 Å². The molecule has 0 amide bonds. The second-order valence-corrected chi connectivity index (χ2v) is 6.39. The van der Waals surface area contributed by atoms with E-state index in [1.54, 1.807) is 6.92 Å². The van der Waals surface area contributed by atoms with Crippen molar-refractivity contribution < 1.29 is 12.8 Å². The lowest BCUT2D eigenvalue weighted by atomic mass is 10.3. The Labute approximate surface area is 97.0 Å². The predicted molar refractivity (Wildman–Crippen MR) is 64.1 cm³/mol. The normalized spacial score (nSPS) is 13.9. The fourth-order valence-electron chi connectivity index (χ4n) is 1.41. The van der Waals surface area contributed by atoms with Gasteiger partial charge >= 0.3 is 0 Å². The number of furan rings is 1. The third-order valence-electron chi connectivity index (χ3n) is 2.36. The highest BCUT2D eigenvalue weighted by Gasteiger charge is 2.13. The van der Waals surface area contributed by atoms with E-state index in [0.717, 1.165) is 11.5 Å². The number of rotatable bonds is 6. The minimum Gasteiger partial charge on any atom is -0.465 e. The fourth-order valence-corrected chi connectivity index (χ4v) is 2.53. The molecule has 1 N–H and O–H groups in total. The third-order valence-corrected chi connectivity index (χ3v) is 4.25. The molecule has 0 spiro atoms. The van der Waals surface area contributed by atoms with Gasteiger partial charge in [-0.2, -0.15) is 0 Å². The summed E-state index contributed by atoms with van der Waals surface area (Å²) in [5.74, 6) is 2.06. The van der Waals surface area contributed by atoms with Gasteiger partial charge in [0.15, 0.2) is 9.84 Å². The highest BCUT2D eigenvalue weighted by molar-refractivity contribution is 7.91. The number of hydrogen-bond acceptors (Lipinski definition) is 4. The van der Waals surface area contributed by atoms with E-state index >= 15 is 0 Å². The first-order valence-electron chi connectivity index (χ1n) is 5.42. The Hall–Kier alpha value is -0.810.